The molecule has 1 aromatic rings. The van der Waals surface area contributed by atoms with E-state index in [0.29, 0.717) is 25.7 Å². The van der Waals surface area contributed by atoms with Crippen LogP contribution in [0.5, 0.6) is 0 Å². The zero-order valence-electron chi connectivity index (χ0n) is 17.5. The maximum atomic E-state index is 12.6. The molecule has 0 aromatic heterocycles. The van der Waals surface area contributed by atoms with Gasteiger partial charge in [0.2, 0.25) is 5.91 Å². The second-order valence-electron chi connectivity index (χ2n) is 8.32. The van der Waals surface area contributed by atoms with Crippen LogP contribution >= 0.6 is 0 Å². The molecular formula is C23H31NO5. The van der Waals surface area contributed by atoms with E-state index >= 15 is 0 Å². The second kappa shape index (κ2) is 10.8. The molecule has 2 atom stereocenters. The van der Waals surface area contributed by atoms with Crippen molar-refractivity contribution in [3.05, 3.63) is 48.0 Å². The van der Waals surface area contributed by atoms with Crippen LogP contribution in [0.2, 0.25) is 0 Å². The number of hydrogen-bond donors (Lipinski definition) is 1. The highest BCUT2D eigenvalue weighted by molar-refractivity contribution is 5.80. The molecule has 0 saturated carbocycles. The number of ether oxygens (including phenoxy) is 2. The lowest BCUT2D eigenvalue weighted by Gasteiger charge is -2.23. The molecule has 1 aliphatic heterocycles. The molecule has 1 aliphatic rings. The third-order valence-electron chi connectivity index (χ3n) is 4.41. The number of benzene rings is 1. The fourth-order valence-corrected chi connectivity index (χ4v) is 3.09. The predicted octanol–water partition coefficient (Wildman–Crippen LogP) is 3.35. The standard InChI is InChI=1S/C23H31NO5/c1-23(2,3)29-21(26)15-18-12-8-5-9-13-20(25)24-19(16-28-22(18)27)14-17-10-6-4-7-11-17/h4-8,10-11,18-19H,9,12-16H2,1-3H3,(H,24,25)/t18-,19+/m0/s1. The number of esters is 2. The van der Waals surface area contributed by atoms with Gasteiger partial charge in [0, 0.05) is 6.42 Å². The summed E-state index contributed by atoms with van der Waals surface area (Å²) in [4.78, 5) is 37.0. The largest absolute Gasteiger partial charge is 0.463 e. The number of hydrogen-bond acceptors (Lipinski definition) is 5. The van der Waals surface area contributed by atoms with E-state index in [0.717, 1.165) is 5.56 Å². The molecular weight excluding hydrogens is 370 g/mol. The number of carbonyl (C=O) groups excluding carboxylic acids is 3. The summed E-state index contributed by atoms with van der Waals surface area (Å²) in [5, 5.41) is 2.95. The number of allylic oxidation sites excluding steroid dienone is 2. The zero-order chi connectivity index (χ0) is 21.3. The van der Waals surface area contributed by atoms with Crippen LogP contribution in [0.15, 0.2) is 42.5 Å². The van der Waals surface area contributed by atoms with Gasteiger partial charge in [-0.3, -0.25) is 14.4 Å². The van der Waals surface area contributed by atoms with Crippen LogP contribution in [0.4, 0.5) is 0 Å². The van der Waals surface area contributed by atoms with Crippen LogP contribution in [-0.4, -0.2) is 36.1 Å². The summed E-state index contributed by atoms with van der Waals surface area (Å²) in [6.07, 6.45) is 5.55. The molecule has 158 valence electrons. The van der Waals surface area contributed by atoms with Crippen molar-refractivity contribution in [3.63, 3.8) is 0 Å². The Labute approximate surface area is 172 Å². The van der Waals surface area contributed by atoms with Crippen molar-refractivity contribution >= 4 is 17.8 Å². The Balaban J connectivity index is 2.06. The SMILES string of the molecule is CC(C)(C)OC(=O)C[C@@H]1CC=CCCC(=O)N[C@H](Cc2ccccc2)COC1=O. The van der Waals surface area contributed by atoms with Crippen molar-refractivity contribution < 1.29 is 23.9 Å². The first-order chi connectivity index (χ1) is 13.7. The maximum Gasteiger partial charge on any atom is 0.309 e. The molecule has 0 unspecified atom stereocenters. The lowest BCUT2D eigenvalue weighted by molar-refractivity contribution is -0.161. The van der Waals surface area contributed by atoms with Gasteiger partial charge in [0.15, 0.2) is 0 Å². The minimum absolute atomic E-state index is 0.0316. The van der Waals surface area contributed by atoms with Gasteiger partial charge in [-0.15, -0.1) is 0 Å². The maximum absolute atomic E-state index is 12.6. The Morgan fingerprint density at radius 3 is 2.59 bits per heavy atom. The number of cyclic esters (lactones) is 1. The molecule has 0 radical (unpaired) electrons. The molecule has 0 fully saturated rings. The summed E-state index contributed by atoms with van der Waals surface area (Å²) < 4.78 is 10.8. The monoisotopic (exact) mass is 401 g/mol. The molecule has 0 bridgehead atoms. The molecule has 0 aliphatic carbocycles. The minimum atomic E-state index is -0.604. The molecule has 1 aromatic carbocycles. The highest BCUT2D eigenvalue weighted by Crippen LogP contribution is 2.18. The molecule has 29 heavy (non-hydrogen) atoms. The highest BCUT2D eigenvalue weighted by atomic mass is 16.6. The van der Waals surface area contributed by atoms with Crippen molar-refractivity contribution in [1.29, 1.82) is 0 Å². The van der Waals surface area contributed by atoms with E-state index in [1.165, 1.54) is 0 Å². The average molecular weight is 402 g/mol. The highest BCUT2D eigenvalue weighted by Gasteiger charge is 2.27. The van der Waals surface area contributed by atoms with Crippen molar-refractivity contribution in [3.8, 4) is 0 Å². The summed E-state index contributed by atoms with van der Waals surface area (Å²) in [5.41, 5.74) is 0.443. The van der Waals surface area contributed by atoms with E-state index in [1.807, 2.05) is 42.5 Å². The molecule has 6 nitrogen and oxygen atoms in total. The smallest absolute Gasteiger partial charge is 0.309 e. The molecule has 1 heterocycles. The van der Waals surface area contributed by atoms with Crippen LogP contribution in [0.1, 0.15) is 52.0 Å². The molecule has 6 heteroatoms. The topological polar surface area (TPSA) is 81.7 Å². The van der Waals surface area contributed by atoms with Crippen molar-refractivity contribution in [2.24, 2.45) is 5.92 Å². The molecule has 1 N–H and O–H groups in total. The molecule has 0 saturated heterocycles. The Kier molecular flexibility index (Phi) is 8.43. The van der Waals surface area contributed by atoms with Crippen LogP contribution in [0.25, 0.3) is 0 Å². The van der Waals surface area contributed by atoms with E-state index in [2.05, 4.69) is 5.32 Å². The number of nitrogens with one attached hydrogen (secondary N) is 1. The van der Waals surface area contributed by atoms with E-state index < -0.39 is 23.5 Å². The van der Waals surface area contributed by atoms with Gasteiger partial charge in [-0.25, -0.2) is 0 Å². The van der Waals surface area contributed by atoms with Gasteiger partial charge in [0.05, 0.1) is 18.4 Å². The Morgan fingerprint density at radius 1 is 1.17 bits per heavy atom. The summed E-state index contributed by atoms with van der Waals surface area (Å²) in [7, 11) is 0. The Bertz CT molecular complexity index is 721. The van der Waals surface area contributed by atoms with Crippen molar-refractivity contribution in [2.75, 3.05) is 6.61 Å². The van der Waals surface area contributed by atoms with Gasteiger partial charge in [0.1, 0.15) is 12.2 Å². The van der Waals surface area contributed by atoms with Crippen molar-refractivity contribution in [2.45, 2.75) is 64.5 Å². The number of carbonyl (C=O) groups is 3. The van der Waals surface area contributed by atoms with E-state index in [-0.39, 0.29) is 25.0 Å². The lowest BCUT2D eigenvalue weighted by atomic mass is 10.00. The van der Waals surface area contributed by atoms with Gasteiger partial charge in [-0.2, -0.15) is 0 Å². The normalized spacial score (nSPS) is 21.3. The van der Waals surface area contributed by atoms with Crippen LogP contribution in [-0.2, 0) is 30.3 Å². The van der Waals surface area contributed by atoms with Crippen molar-refractivity contribution in [1.82, 2.24) is 5.32 Å². The van der Waals surface area contributed by atoms with Gasteiger partial charge in [-0.05, 0) is 45.6 Å². The summed E-state index contributed by atoms with van der Waals surface area (Å²) in [5.74, 6) is -1.55. The Hall–Kier alpha value is -2.63. The molecule has 1 amide bonds. The second-order valence-corrected chi connectivity index (χ2v) is 8.32. The quantitative estimate of drug-likeness (QED) is 0.618. The zero-order valence-corrected chi connectivity index (χ0v) is 17.5. The van der Waals surface area contributed by atoms with Crippen LogP contribution in [0, 0.1) is 5.92 Å². The summed E-state index contributed by atoms with van der Waals surface area (Å²) in [6, 6.07) is 9.41. The number of amides is 1. The van der Waals surface area contributed by atoms with Gasteiger partial charge in [0.25, 0.3) is 0 Å². The molecule has 0 spiro atoms. The fraction of sp³-hybridized carbons (Fsp3) is 0.522. The lowest BCUT2D eigenvalue weighted by Crippen LogP contribution is -2.41. The Morgan fingerprint density at radius 2 is 1.90 bits per heavy atom. The summed E-state index contributed by atoms with van der Waals surface area (Å²) in [6.45, 7) is 5.44. The van der Waals surface area contributed by atoms with E-state index in [9.17, 15) is 14.4 Å². The fourth-order valence-electron chi connectivity index (χ4n) is 3.09. The van der Waals surface area contributed by atoms with E-state index in [4.69, 9.17) is 9.47 Å². The number of rotatable bonds is 4. The van der Waals surface area contributed by atoms with Gasteiger partial charge in [-0.1, -0.05) is 42.5 Å². The van der Waals surface area contributed by atoms with Gasteiger partial charge < -0.3 is 14.8 Å². The first-order valence-electron chi connectivity index (χ1n) is 10.1. The first kappa shape index (κ1) is 22.7. The first-order valence-corrected chi connectivity index (χ1v) is 10.1. The predicted molar refractivity (Wildman–Crippen MR) is 110 cm³/mol. The van der Waals surface area contributed by atoms with Crippen LogP contribution in [0.3, 0.4) is 0 Å². The average Bonchev–Trinajstić information content (AvgIpc) is 2.63. The molecule has 2 rings (SSSR count). The minimum Gasteiger partial charge on any atom is -0.463 e. The third-order valence-corrected chi connectivity index (χ3v) is 4.41. The van der Waals surface area contributed by atoms with Gasteiger partial charge >= 0.3 is 11.9 Å². The van der Waals surface area contributed by atoms with Crippen LogP contribution < -0.4 is 5.32 Å². The third kappa shape index (κ3) is 8.94. The summed E-state index contributed by atoms with van der Waals surface area (Å²) >= 11 is 0. The van der Waals surface area contributed by atoms with E-state index in [1.54, 1.807) is 20.8 Å².